The zero-order chi connectivity index (χ0) is 10.1. The summed E-state index contributed by atoms with van der Waals surface area (Å²) in [5.74, 6) is -0.379. The van der Waals surface area contributed by atoms with Gasteiger partial charge in [0, 0.05) is 19.5 Å². The minimum Gasteiger partial charge on any atom is -0.475 e. The Kier molecular flexibility index (Phi) is 2.20. The first-order valence-electron chi connectivity index (χ1n) is 4.52. The number of fused-ring (bicyclic) bond motifs is 1. The fourth-order valence-corrected chi connectivity index (χ4v) is 1.50. The molecule has 0 aromatic carbocycles. The molecule has 1 aliphatic heterocycles. The first-order valence-corrected chi connectivity index (χ1v) is 4.52. The van der Waals surface area contributed by atoms with E-state index in [1.807, 2.05) is 7.05 Å². The van der Waals surface area contributed by atoms with Gasteiger partial charge < -0.3 is 10.0 Å². The molecule has 6 heteroatoms. The molecule has 0 saturated heterocycles. The Labute approximate surface area is 81.2 Å². The average molecular weight is 196 g/mol. The molecule has 1 aromatic heterocycles. The third-order valence-electron chi connectivity index (χ3n) is 2.35. The number of carboxylic acid groups (broad SMARTS) is 1. The van der Waals surface area contributed by atoms with Gasteiger partial charge in [-0.1, -0.05) is 0 Å². The van der Waals surface area contributed by atoms with Crippen molar-refractivity contribution in [3.63, 3.8) is 0 Å². The molecule has 1 aromatic rings. The molecule has 2 heterocycles. The van der Waals surface area contributed by atoms with Crippen LogP contribution >= 0.6 is 0 Å². The molecule has 0 bridgehead atoms. The van der Waals surface area contributed by atoms with Gasteiger partial charge >= 0.3 is 5.97 Å². The molecular weight excluding hydrogens is 184 g/mol. The van der Waals surface area contributed by atoms with Crippen molar-refractivity contribution in [3.8, 4) is 0 Å². The van der Waals surface area contributed by atoms with Crippen LogP contribution in [-0.4, -0.2) is 50.9 Å². The summed E-state index contributed by atoms with van der Waals surface area (Å²) in [7, 11) is 2.03. The fraction of sp³-hybridized carbons (Fsp3) is 0.625. The molecule has 1 aliphatic rings. The second-order valence-electron chi connectivity index (χ2n) is 3.43. The number of hydrogen-bond donors (Lipinski definition) is 1. The maximum atomic E-state index is 10.6. The molecule has 76 valence electrons. The molecular formula is C8H12N4O2. The summed E-state index contributed by atoms with van der Waals surface area (Å²) in [5, 5.41) is 12.6. The topological polar surface area (TPSA) is 71.2 Å². The van der Waals surface area contributed by atoms with Crippen molar-refractivity contribution < 1.29 is 9.90 Å². The van der Waals surface area contributed by atoms with E-state index in [4.69, 9.17) is 5.11 Å². The van der Waals surface area contributed by atoms with Crippen molar-refractivity contribution in [1.82, 2.24) is 19.7 Å². The van der Waals surface area contributed by atoms with E-state index in [0.29, 0.717) is 6.54 Å². The Morgan fingerprint density at radius 2 is 2.21 bits per heavy atom. The normalized spacial score (nSPS) is 17.5. The van der Waals surface area contributed by atoms with Gasteiger partial charge in [-0.15, -0.1) is 5.10 Å². The summed E-state index contributed by atoms with van der Waals surface area (Å²) in [6, 6.07) is 0. The average Bonchev–Trinajstić information content (AvgIpc) is 2.48. The van der Waals surface area contributed by atoms with Crippen molar-refractivity contribution in [1.29, 1.82) is 0 Å². The first-order chi connectivity index (χ1) is 6.66. The number of carbonyl (C=O) groups is 1. The summed E-state index contributed by atoms with van der Waals surface area (Å²) in [4.78, 5) is 16.8. The van der Waals surface area contributed by atoms with Gasteiger partial charge in [-0.2, -0.15) is 0 Å². The molecule has 0 atom stereocenters. The maximum Gasteiger partial charge on any atom is 0.375 e. The SMILES string of the molecule is CN1CCc2nc(C(=O)O)nn2CC1. The quantitative estimate of drug-likeness (QED) is 0.653. The number of rotatable bonds is 1. The van der Waals surface area contributed by atoms with Crippen LogP contribution in [0.4, 0.5) is 0 Å². The first kappa shape index (κ1) is 9.14. The molecule has 14 heavy (non-hydrogen) atoms. The lowest BCUT2D eigenvalue weighted by Crippen LogP contribution is -2.22. The molecule has 0 fully saturated rings. The van der Waals surface area contributed by atoms with Crippen LogP contribution in [0.25, 0.3) is 0 Å². The molecule has 2 rings (SSSR count). The summed E-state index contributed by atoms with van der Waals surface area (Å²) in [6.07, 6.45) is 0.761. The molecule has 0 aliphatic carbocycles. The van der Waals surface area contributed by atoms with Crippen molar-refractivity contribution in [2.75, 3.05) is 20.1 Å². The molecule has 0 spiro atoms. The Bertz CT molecular complexity index is 335. The van der Waals surface area contributed by atoms with E-state index in [0.717, 1.165) is 25.3 Å². The predicted octanol–water partition coefficient (Wildman–Crippen LogP) is -0.536. The molecule has 0 saturated carbocycles. The van der Waals surface area contributed by atoms with Gasteiger partial charge in [0.2, 0.25) is 0 Å². The highest BCUT2D eigenvalue weighted by Crippen LogP contribution is 2.05. The number of aromatic nitrogens is 3. The van der Waals surface area contributed by atoms with Crippen molar-refractivity contribution in [2.45, 2.75) is 13.0 Å². The molecule has 0 radical (unpaired) electrons. The lowest BCUT2D eigenvalue weighted by molar-refractivity contribution is 0.0683. The van der Waals surface area contributed by atoms with E-state index in [1.165, 1.54) is 0 Å². The van der Waals surface area contributed by atoms with Crippen molar-refractivity contribution >= 4 is 5.97 Å². The van der Waals surface area contributed by atoms with Gasteiger partial charge in [0.25, 0.3) is 5.82 Å². The van der Waals surface area contributed by atoms with Crippen LogP contribution < -0.4 is 0 Å². The van der Waals surface area contributed by atoms with E-state index in [-0.39, 0.29) is 5.82 Å². The smallest absolute Gasteiger partial charge is 0.375 e. The highest BCUT2D eigenvalue weighted by atomic mass is 16.4. The molecule has 0 amide bonds. The van der Waals surface area contributed by atoms with E-state index in [1.54, 1.807) is 4.68 Å². The van der Waals surface area contributed by atoms with Gasteiger partial charge in [-0.05, 0) is 7.05 Å². The zero-order valence-corrected chi connectivity index (χ0v) is 7.97. The van der Waals surface area contributed by atoms with Crippen LogP contribution in [0.1, 0.15) is 16.4 Å². The minimum atomic E-state index is -1.06. The van der Waals surface area contributed by atoms with Crippen molar-refractivity contribution in [3.05, 3.63) is 11.6 Å². The highest BCUT2D eigenvalue weighted by Gasteiger charge is 2.18. The lowest BCUT2D eigenvalue weighted by Gasteiger charge is -2.10. The standard InChI is InChI=1S/C8H12N4O2/c1-11-3-2-6-9-7(8(13)14)10-12(6)5-4-11/h2-5H2,1H3,(H,13,14). The number of aromatic carboxylic acids is 1. The zero-order valence-electron chi connectivity index (χ0n) is 7.97. The Balaban J connectivity index is 2.26. The third kappa shape index (κ3) is 1.60. The molecule has 6 nitrogen and oxygen atoms in total. The maximum absolute atomic E-state index is 10.6. The van der Waals surface area contributed by atoms with E-state index in [2.05, 4.69) is 15.0 Å². The van der Waals surface area contributed by atoms with E-state index >= 15 is 0 Å². The molecule has 0 unspecified atom stereocenters. The van der Waals surface area contributed by atoms with Crippen LogP contribution in [0, 0.1) is 0 Å². The Hall–Kier alpha value is -1.43. The molecule has 1 N–H and O–H groups in total. The van der Waals surface area contributed by atoms with Crippen LogP contribution in [0.3, 0.4) is 0 Å². The summed E-state index contributed by atoms with van der Waals surface area (Å²) < 4.78 is 1.69. The lowest BCUT2D eigenvalue weighted by atomic mass is 10.4. The van der Waals surface area contributed by atoms with Crippen LogP contribution in [-0.2, 0) is 13.0 Å². The monoisotopic (exact) mass is 196 g/mol. The number of carboxylic acids is 1. The van der Waals surface area contributed by atoms with Crippen LogP contribution in [0.5, 0.6) is 0 Å². The minimum absolute atomic E-state index is 0.0930. The van der Waals surface area contributed by atoms with Crippen LogP contribution in [0.15, 0.2) is 0 Å². The second kappa shape index (κ2) is 3.38. The van der Waals surface area contributed by atoms with Crippen LogP contribution in [0.2, 0.25) is 0 Å². The number of hydrogen-bond acceptors (Lipinski definition) is 4. The Morgan fingerprint density at radius 1 is 1.43 bits per heavy atom. The summed E-state index contributed by atoms with van der Waals surface area (Å²) in [6.45, 7) is 2.50. The van der Waals surface area contributed by atoms with Gasteiger partial charge in [-0.25, -0.2) is 14.5 Å². The van der Waals surface area contributed by atoms with Gasteiger partial charge in [0.15, 0.2) is 0 Å². The highest BCUT2D eigenvalue weighted by molar-refractivity contribution is 5.82. The largest absolute Gasteiger partial charge is 0.475 e. The van der Waals surface area contributed by atoms with E-state index < -0.39 is 5.97 Å². The van der Waals surface area contributed by atoms with Crippen molar-refractivity contribution in [2.24, 2.45) is 0 Å². The second-order valence-corrected chi connectivity index (χ2v) is 3.43. The van der Waals surface area contributed by atoms with Gasteiger partial charge in [-0.3, -0.25) is 0 Å². The van der Waals surface area contributed by atoms with E-state index in [9.17, 15) is 4.79 Å². The summed E-state index contributed by atoms with van der Waals surface area (Å²) in [5.41, 5.74) is 0. The Morgan fingerprint density at radius 3 is 2.93 bits per heavy atom. The van der Waals surface area contributed by atoms with Gasteiger partial charge in [0.1, 0.15) is 5.82 Å². The summed E-state index contributed by atoms with van der Waals surface area (Å²) >= 11 is 0. The number of nitrogens with zero attached hydrogens (tertiary/aromatic N) is 4. The van der Waals surface area contributed by atoms with Gasteiger partial charge in [0.05, 0.1) is 6.54 Å². The number of likely N-dealkylation sites (N-methyl/N-ethyl adjacent to an activating group) is 1. The predicted molar refractivity (Wildman–Crippen MR) is 48.2 cm³/mol. The fourth-order valence-electron chi connectivity index (χ4n) is 1.50. The third-order valence-corrected chi connectivity index (χ3v) is 2.35.